The second-order valence-corrected chi connectivity index (χ2v) is 14.1. The molecular formula is C40H40ClN8O6+. The molecule has 3 aromatic heterocycles. The molecule has 2 aromatic carbocycles. The molecule has 5 aromatic rings. The number of aliphatic imine (C=N–C) groups is 1. The number of hydrogen-bond acceptors (Lipinski definition) is 11. The van der Waals surface area contributed by atoms with Gasteiger partial charge in [0.05, 0.1) is 63.4 Å². The molecule has 55 heavy (non-hydrogen) atoms. The summed E-state index contributed by atoms with van der Waals surface area (Å²) in [5.41, 5.74) is 3.61. The predicted octanol–water partition coefficient (Wildman–Crippen LogP) is 6.58. The molecule has 0 amide bonds. The number of anilines is 2. The summed E-state index contributed by atoms with van der Waals surface area (Å²) in [4.78, 5) is 56.1. The number of methoxy groups -OCH3 is 2. The van der Waals surface area contributed by atoms with Crippen LogP contribution in [-0.4, -0.2) is 82.3 Å². The third-order valence-electron chi connectivity index (χ3n) is 9.21. The fraction of sp³-hybridized carbons (Fsp3) is 0.250. The summed E-state index contributed by atoms with van der Waals surface area (Å²) >= 11 is 6.80. The summed E-state index contributed by atoms with van der Waals surface area (Å²) < 4.78 is 13.0. The van der Waals surface area contributed by atoms with Gasteiger partial charge in [-0.2, -0.15) is 4.98 Å². The summed E-state index contributed by atoms with van der Waals surface area (Å²) in [6.07, 6.45) is 10.4. The molecule has 15 heteroatoms. The van der Waals surface area contributed by atoms with Crippen LogP contribution < -0.4 is 20.3 Å². The van der Waals surface area contributed by atoms with E-state index in [2.05, 4.69) is 20.3 Å². The lowest BCUT2D eigenvalue weighted by molar-refractivity contribution is -0.880. The van der Waals surface area contributed by atoms with Gasteiger partial charge >= 0.3 is 5.82 Å². The van der Waals surface area contributed by atoms with E-state index in [9.17, 15) is 19.7 Å². The predicted molar refractivity (Wildman–Crippen MR) is 212 cm³/mol. The molecule has 282 valence electrons. The SMILES string of the molecule is COc1cc(OC)c(Cl)c(-c2cc3cnc(Nc4cccnc4)nc3n(C(C)c3cccc(CC(=O)/C=C/C[N+](C)(C)CC4=C([N+](=O)[O-])N=CC4)c3)c2=O)c1. The highest BCUT2D eigenvalue weighted by atomic mass is 35.5. The number of halogens is 1. The van der Waals surface area contributed by atoms with Crippen LogP contribution in [0, 0.1) is 10.1 Å². The Labute approximate surface area is 322 Å². The zero-order valence-corrected chi connectivity index (χ0v) is 31.8. The number of quaternary nitrogens is 1. The van der Waals surface area contributed by atoms with Crippen molar-refractivity contribution in [1.29, 1.82) is 0 Å². The third-order valence-corrected chi connectivity index (χ3v) is 9.60. The first-order valence-corrected chi connectivity index (χ1v) is 17.8. The van der Waals surface area contributed by atoms with Crippen LogP contribution in [0.25, 0.3) is 22.2 Å². The standard InChI is InChI=1S/C40H39ClN8O6/c1-25(27-10-6-9-26(17-27)18-31(50)12-8-16-49(2,3)24-28-13-15-43-37(28)48(52)53)47-38-29(22-44-40(46-38)45-30-11-7-14-42-23-30)19-34(39(47)51)33-20-32(54-4)21-35(55-5)36(33)41/h6-12,14-15,17,19-23,25H,13,16,18,24H2,1-5H3/p+1/b12-8+. The maximum Gasteiger partial charge on any atom is 0.368 e. The summed E-state index contributed by atoms with van der Waals surface area (Å²) in [6.45, 7) is 2.82. The number of fused-ring (bicyclic) bond motifs is 1. The largest absolute Gasteiger partial charge is 0.497 e. The number of nitrogens with one attached hydrogen (secondary N) is 1. The van der Waals surface area contributed by atoms with Crippen molar-refractivity contribution in [2.45, 2.75) is 25.8 Å². The van der Waals surface area contributed by atoms with E-state index in [1.165, 1.54) is 14.2 Å². The maximum atomic E-state index is 14.7. The van der Waals surface area contributed by atoms with Crippen LogP contribution in [-0.2, 0) is 11.2 Å². The van der Waals surface area contributed by atoms with Gasteiger partial charge < -0.3 is 29.4 Å². The molecule has 1 aliphatic rings. The monoisotopic (exact) mass is 763 g/mol. The Morgan fingerprint density at radius 3 is 2.65 bits per heavy atom. The number of carbonyl (C=O) groups excluding carboxylic acids is 1. The van der Waals surface area contributed by atoms with Gasteiger partial charge in [0, 0.05) is 47.8 Å². The molecule has 0 radical (unpaired) electrons. The smallest absolute Gasteiger partial charge is 0.368 e. The van der Waals surface area contributed by atoms with Crippen LogP contribution >= 0.6 is 11.6 Å². The van der Waals surface area contributed by atoms with Gasteiger partial charge in [0.15, 0.2) is 5.78 Å². The third kappa shape index (κ3) is 8.77. The Morgan fingerprint density at radius 1 is 1.11 bits per heavy atom. The van der Waals surface area contributed by atoms with Gasteiger partial charge in [-0.05, 0) is 59.4 Å². The van der Waals surface area contributed by atoms with Crippen LogP contribution in [0.4, 0.5) is 11.6 Å². The van der Waals surface area contributed by atoms with Gasteiger partial charge in [0.25, 0.3) is 5.56 Å². The van der Waals surface area contributed by atoms with E-state index < -0.39 is 11.0 Å². The normalized spacial score (nSPS) is 13.4. The molecule has 0 saturated heterocycles. The number of pyridine rings is 2. The minimum atomic E-state index is -0.552. The molecule has 0 spiro atoms. The summed E-state index contributed by atoms with van der Waals surface area (Å²) in [5.74, 6) is 0.877. The van der Waals surface area contributed by atoms with Gasteiger partial charge in [-0.15, -0.1) is 0 Å². The van der Waals surface area contributed by atoms with Crippen LogP contribution in [0.2, 0.25) is 5.02 Å². The maximum absolute atomic E-state index is 14.7. The number of nitro groups is 1. The molecule has 0 aliphatic carbocycles. The van der Waals surface area contributed by atoms with Crippen molar-refractivity contribution in [2.24, 2.45) is 4.99 Å². The summed E-state index contributed by atoms with van der Waals surface area (Å²) in [5, 5.41) is 15.3. The molecule has 1 aliphatic heterocycles. The Bertz CT molecular complexity index is 2430. The quantitative estimate of drug-likeness (QED) is 0.0533. The summed E-state index contributed by atoms with van der Waals surface area (Å²) in [6, 6.07) is 15.6. The number of nitrogens with zero attached hydrogens (tertiary/aromatic N) is 7. The van der Waals surface area contributed by atoms with Crippen LogP contribution in [0.5, 0.6) is 11.5 Å². The van der Waals surface area contributed by atoms with Crippen molar-refractivity contribution in [2.75, 3.05) is 46.7 Å². The van der Waals surface area contributed by atoms with Crippen molar-refractivity contribution >= 4 is 46.3 Å². The minimum Gasteiger partial charge on any atom is -0.497 e. The number of benzene rings is 2. The number of likely N-dealkylation sites (N-methyl/N-ethyl adjacent to an activating group) is 1. The lowest BCUT2D eigenvalue weighted by Crippen LogP contribution is -2.41. The molecule has 1 atom stereocenters. The first-order valence-electron chi connectivity index (χ1n) is 17.4. The van der Waals surface area contributed by atoms with Crippen molar-refractivity contribution in [3.8, 4) is 22.6 Å². The zero-order valence-electron chi connectivity index (χ0n) is 31.0. The fourth-order valence-electron chi connectivity index (χ4n) is 6.49. The second-order valence-electron chi connectivity index (χ2n) is 13.7. The highest BCUT2D eigenvalue weighted by molar-refractivity contribution is 6.35. The van der Waals surface area contributed by atoms with E-state index in [1.54, 1.807) is 65.8 Å². The number of hydrogen-bond donors (Lipinski definition) is 1. The molecule has 0 bridgehead atoms. The van der Waals surface area contributed by atoms with Gasteiger partial charge in [0.1, 0.15) is 29.9 Å². The first-order chi connectivity index (χ1) is 26.4. The topological polar surface area (TPSA) is 164 Å². The zero-order chi connectivity index (χ0) is 39.3. The highest BCUT2D eigenvalue weighted by Gasteiger charge is 2.28. The number of allylic oxidation sites excluding steroid dienone is 1. The molecule has 6 rings (SSSR count). The van der Waals surface area contributed by atoms with Crippen molar-refractivity contribution < 1.29 is 23.7 Å². The van der Waals surface area contributed by atoms with Crippen LogP contribution in [0.1, 0.15) is 30.5 Å². The summed E-state index contributed by atoms with van der Waals surface area (Å²) in [7, 11) is 6.91. The van der Waals surface area contributed by atoms with Crippen molar-refractivity contribution in [1.82, 2.24) is 19.5 Å². The van der Waals surface area contributed by atoms with E-state index in [4.69, 9.17) is 26.1 Å². The molecule has 14 nitrogen and oxygen atoms in total. The molecular weight excluding hydrogens is 724 g/mol. The Morgan fingerprint density at radius 2 is 1.93 bits per heavy atom. The second kappa shape index (κ2) is 16.4. The number of aromatic nitrogens is 4. The van der Waals surface area contributed by atoms with Gasteiger partial charge in [-0.1, -0.05) is 40.9 Å². The number of ketones is 1. The molecule has 4 heterocycles. The highest BCUT2D eigenvalue weighted by Crippen LogP contribution is 2.39. The molecule has 0 saturated carbocycles. The average molecular weight is 764 g/mol. The minimum absolute atomic E-state index is 0.0963. The van der Waals surface area contributed by atoms with Crippen molar-refractivity contribution in [3.05, 3.63) is 133 Å². The van der Waals surface area contributed by atoms with E-state index in [-0.39, 0.29) is 34.6 Å². The fourth-order valence-corrected chi connectivity index (χ4v) is 6.78. The number of rotatable bonds is 15. The number of carbonyl (C=O) groups is 1. The Balaban J connectivity index is 1.32. The lowest BCUT2D eigenvalue weighted by atomic mass is 10.00. The lowest BCUT2D eigenvalue weighted by Gasteiger charge is -2.28. The number of ether oxygens (including phenoxy) is 2. The Kier molecular flexibility index (Phi) is 11.5. The van der Waals surface area contributed by atoms with Crippen LogP contribution in [0.3, 0.4) is 0 Å². The van der Waals surface area contributed by atoms with Crippen LogP contribution in [0.15, 0.2) is 107 Å². The molecule has 0 fully saturated rings. The first kappa shape index (κ1) is 38.5. The van der Waals surface area contributed by atoms with E-state index in [0.29, 0.717) is 68.9 Å². The van der Waals surface area contributed by atoms with Gasteiger partial charge in [-0.3, -0.25) is 19.1 Å². The van der Waals surface area contributed by atoms with E-state index >= 15 is 0 Å². The average Bonchev–Trinajstić information content (AvgIpc) is 3.63. The molecule has 1 N–H and O–H groups in total. The van der Waals surface area contributed by atoms with Gasteiger partial charge in [-0.25, -0.2) is 4.98 Å². The van der Waals surface area contributed by atoms with E-state index in [1.807, 2.05) is 51.4 Å². The van der Waals surface area contributed by atoms with Crippen molar-refractivity contribution in [3.63, 3.8) is 0 Å². The van der Waals surface area contributed by atoms with Gasteiger partial charge in [0.2, 0.25) is 5.95 Å². The van der Waals surface area contributed by atoms with E-state index in [0.717, 1.165) is 11.1 Å². The molecule has 1 unspecified atom stereocenters. The Hall–Kier alpha value is -6.25.